The van der Waals surface area contributed by atoms with Crippen LogP contribution in [0, 0.1) is 11.8 Å². The Kier molecular flexibility index (Phi) is 9.55. The molecule has 0 saturated carbocycles. The number of benzene rings is 1. The molecule has 1 aliphatic rings. The Bertz CT molecular complexity index is 757. The predicted octanol–water partition coefficient (Wildman–Crippen LogP) is 4.36. The molecule has 1 heterocycles. The first-order valence-corrected chi connectivity index (χ1v) is 11.4. The fraction of sp³-hybridized carbons (Fsp3) is 0.667. The lowest BCUT2D eigenvalue weighted by Crippen LogP contribution is -2.47. The van der Waals surface area contributed by atoms with Crippen LogP contribution < -0.4 is 10.6 Å². The minimum atomic E-state index is -4.35. The molecule has 1 atom stereocenters. The molecule has 1 aromatic carbocycles. The van der Waals surface area contributed by atoms with E-state index in [1.807, 2.05) is 32.6 Å². The molecule has 0 unspecified atom stereocenters. The van der Waals surface area contributed by atoms with E-state index < -0.39 is 11.7 Å². The molecule has 1 aromatic rings. The Balaban J connectivity index is 1.87. The summed E-state index contributed by atoms with van der Waals surface area (Å²) < 4.78 is 38.7. The van der Waals surface area contributed by atoms with Crippen LogP contribution in [0.2, 0.25) is 0 Å². The number of alkyl halides is 3. The molecule has 8 heteroatoms. The standard InChI is InChI=1S/C24H36F3N3O2/c1-16(2)12-19(14-22(31)29-17(3)4)23(32)30-10-8-21(9-11-30)28-15-18-6-5-7-20(13-18)24(25,26)27/h5-7,13,16-17,19,21,28H,8-12,14-15H2,1-4H3,(H,29,31)/t19-/m1/s1. The van der Waals surface area contributed by atoms with E-state index in [-0.39, 0.29) is 36.2 Å². The monoisotopic (exact) mass is 455 g/mol. The SMILES string of the molecule is CC(C)C[C@H](CC(=O)NC(C)C)C(=O)N1CCC(NCc2cccc(C(F)(F)F)c2)CC1. The molecule has 0 radical (unpaired) electrons. The van der Waals surface area contributed by atoms with Gasteiger partial charge in [0.15, 0.2) is 0 Å². The molecule has 1 saturated heterocycles. The molecule has 2 amide bonds. The third kappa shape index (κ3) is 8.45. The lowest BCUT2D eigenvalue weighted by molar-refractivity contribution is -0.140. The van der Waals surface area contributed by atoms with E-state index in [0.717, 1.165) is 18.9 Å². The molecule has 0 aromatic heterocycles. The quantitative estimate of drug-likeness (QED) is 0.582. The predicted molar refractivity (Wildman–Crippen MR) is 119 cm³/mol. The molecule has 32 heavy (non-hydrogen) atoms. The smallest absolute Gasteiger partial charge is 0.354 e. The van der Waals surface area contributed by atoms with Gasteiger partial charge in [-0.1, -0.05) is 32.0 Å². The van der Waals surface area contributed by atoms with E-state index in [0.29, 0.717) is 37.5 Å². The second kappa shape index (κ2) is 11.7. The number of rotatable bonds is 9. The van der Waals surface area contributed by atoms with Crippen molar-refractivity contribution in [3.05, 3.63) is 35.4 Å². The third-order valence-corrected chi connectivity index (χ3v) is 5.64. The average molecular weight is 456 g/mol. The largest absolute Gasteiger partial charge is 0.416 e. The van der Waals surface area contributed by atoms with Gasteiger partial charge in [0.1, 0.15) is 0 Å². The highest BCUT2D eigenvalue weighted by Crippen LogP contribution is 2.29. The van der Waals surface area contributed by atoms with E-state index in [4.69, 9.17) is 0 Å². The summed E-state index contributed by atoms with van der Waals surface area (Å²) in [4.78, 5) is 27.2. The van der Waals surface area contributed by atoms with Gasteiger partial charge >= 0.3 is 6.18 Å². The maximum Gasteiger partial charge on any atom is 0.416 e. The maximum atomic E-state index is 13.1. The average Bonchev–Trinajstić information content (AvgIpc) is 2.70. The molecule has 0 bridgehead atoms. The molecule has 2 N–H and O–H groups in total. The summed E-state index contributed by atoms with van der Waals surface area (Å²) in [5, 5.41) is 6.19. The topological polar surface area (TPSA) is 61.4 Å². The number of halogens is 3. The summed E-state index contributed by atoms with van der Waals surface area (Å²) in [6.07, 6.45) is -2.02. The van der Waals surface area contributed by atoms with Gasteiger partial charge in [0.05, 0.1) is 5.56 Å². The Hall–Kier alpha value is -2.09. The van der Waals surface area contributed by atoms with Gasteiger partial charge in [-0.25, -0.2) is 0 Å². The molecule has 180 valence electrons. The van der Waals surface area contributed by atoms with Gasteiger partial charge in [-0.2, -0.15) is 13.2 Å². The summed E-state index contributed by atoms with van der Waals surface area (Å²) in [5.41, 5.74) is -0.0543. The Morgan fingerprint density at radius 2 is 1.78 bits per heavy atom. The van der Waals surface area contributed by atoms with E-state index in [1.54, 1.807) is 6.07 Å². The van der Waals surface area contributed by atoms with Crippen molar-refractivity contribution in [2.45, 2.75) is 78.2 Å². The molecule has 5 nitrogen and oxygen atoms in total. The Labute approximate surface area is 189 Å². The van der Waals surface area contributed by atoms with Crippen LogP contribution in [0.15, 0.2) is 24.3 Å². The van der Waals surface area contributed by atoms with Crippen molar-refractivity contribution in [3.8, 4) is 0 Å². The van der Waals surface area contributed by atoms with Gasteiger partial charge in [-0.15, -0.1) is 0 Å². The van der Waals surface area contributed by atoms with Gasteiger partial charge < -0.3 is 15.5 Å². The van der Waals surface area contributed by atoms with Crippen LogP contribution in [0.25, 0.3) is 0 Å². The van der Waals surface area contributed by atoms with E-state index >= 15 is 0 Å². The zero-order valence-corrected chi connectivity index (χ0v) is 19.5. The van der Waals surface area contributed by atoms with Crippen molar-refractivity contribution in [2.75, 3.05) is 13.1 Å². The van der Waals surface area contributed by atoms with Crippen LogP contribution in [-0.2, 0) is 22.3 Å². The fourth-order valence-corrected chi connectivity index (χ4v) is 4.13. The van der Waals surface area contributed by atoms with Crippen molar-refractivity contribution < 1.29 is 22.8 Å². The van der Waals surface area contributed by atoms with Crippen LogP contribution in [0.4, 0.5) is 13.2 Å². The maximum absolute atomic E-state index is 13.1. The highest BCUT2D eigenvalue weighted by molar-refractivity contribution is 5.86. The summed E-state index contributed by atoms with van der Waals surface area (Å²) in [5.74, 6) is -0.101. The fourth-order valence-electron chi connectivity index (χ4n) is 4.13. The number of carbonyl (C=O) groups is 2. The van der Waals surface area contributed by atoms with E-state index in [9.17, 15) is 22.8 Å². The van der Waals surface area contributed by atoms with Crippen molar-refractivity contribution >= 4 is 11.8 Å². The summed E-state index contributed by atoms with van der Waals surface area (Å²) in [6.45, 7) is 9.41. The van der Waals surface area contributed by atoms with Crippen molar-refractivity contribution in [2.24, 2.45) is 11.8 Å². The zero-order valence-electron chi connectivity index (χ0n) is 19.5. The van der Waals surface area contributed by atoms with Crippen LogP contribution in [0.1, 0.15) is 64.5 Å². The summed E-state index contributed by atoms with van der Waals surface area (Å²) in [7, 11) is 0. The summed E-state index contributed by atoms with van der Waals surface area (Å²) >= 11 is 0. The second-order valence-electron chi connectivity index (χ2n) is 9.43. The van der Waals surface area contributed by atoms with Crippen LogP contribution in [0.3, 0.4) is 0 Å². The van der Waals surface area contributed by atoms with Crippen LogP contribution in [0.5, 0.6) is 0 Å². The lowest BCUT2D eigenvalue weighted by Gasteiger charge is -2.35. The van der Waals surface area contributed by atoms with Gasteiger partial charge in [0.2, 0.25) is 11.8 Å². The normalized spacial score (nSPS) is 16.5. The first-order valence-electron chi connectivity index (χ1n) is 11.4. The number of nitrogens with zero attached hydrogens (tertiary/aromatic N) is 1. The second-order valence-corrected chi connectivity index (χ2v) is 9.43. The minimum absolute atomic E-state index is 0.0222. The zero-order chi connectivity index (χ0) is 23.9. The molecular weight excluding hydrogens is 419 g/mol. The van der Waals surface area contributed by atoms with Gasteiger partial charge in [-0.3, -0.25) is 9.59 Å². The van der Waals surface area contributed by atoms with E-state index in [1.165, 1.54) is 12.1 Å². The van der Waals surface area contributed by atoms with Crippen molar-refractivity contribution in [3.63, 3.8) is 0 Å². The Morgan fingerprint density at radius 3 is 2.34 bits per heavy atom. The highest BCUT2D eigenvalue weighted by Gasteiger charge is 2.31. The Morgan fingerprint density at radius 1 is 1.12 bits per heavy atom. The molecule has 2 rings (SSSR count). The number of hydrogen-bond donors (Lipinski definition) is 2. The third-order valence-electron chi connectivity index (χ3n) is 5.64. The molecule has 0 spiro atoms. The molecule has 0 aliphatic carbocycles. The molecule has 1 aliphatic heterocycles. The number of carbonyl (C=O) groups excluding carboxylic acids is 2. The molecule has 1 fully saturated rings. The first-order chi connectivity index (χ1) is 15.0. The minimum Gasteiger partial charge on any atom is -0.354 e. The number of nitrogens with one attached hydrogen (secondary N) is 2. The van der Waals surface area contributed by atoms with Gasteiger partial charge in [0.25, 0.3) is 0 Å². The number of amides is 2. The lowest BCUT2D eigenvalue weighted by atomic mass is 9.91. The summed E-state index contributed by atoms with van der Waals surface area (Å²) in [6, 6.07) is 5.52. The van der Waals surface area contributed by atoms with E-state index in [2.05, 4.69) is 10.6 Å². The number of likely N-dealkylation sites (tertiary alicyclic amines) is 1. The van der Waals surface area contributed by atoms with Gasteiger partial charge in [0, 0.05) is 44.1 Å². The number of piperidine rings is 1. The van der Waals surface area contributed by atoms with Crippen molar-refractivity contribution in [1.82, 2.24) is 15.5 Å². The number of hydrogen-bond acceptors (Lipinski definition) is 3. The van der Waals surface area contributed by atoms with Crippen LogP contribution >= 0.6 is 0 Å². The van der Waals surface area contributed by atoms with Crippen LogP contribution in [-0.4, -0.2) is 41.9 Å². The molecular formula is C24H36F3N3O2. The van der Waals surface area contributed by atoms with Crippen molar-refractivity contribution in [1.29, 1.82) is 0 Å². The highest BCUT2D eigenvalue weighted by atomic mass is 19.4. The van der Waals surface area contributed by atoms with Gasteiger partial charge in [-0.05, 0) is 50.7 Å². The first kappa shape index (κ1) is 26.2.